The van der Waals surface area contributed by atoms with Crippen LogP contribution in [0.4, 0.5) is 0 Å². The quantitative estimate of drug-likeness (QED) is 0.432. The van der Waals surface area contributed by atoms with E-state index in [9.17, 15) is 4.79 Å². The zero-order chi connectivity index (χ0) is 14.6. The molecule has 0 N–H and O–H groups in total. The van der Waals surface area contributed by atoms with Gasteiger partial charge in [-0.3, -0.25) is 0 Å². The van der Waals surface area contributed by atoms with Crippen molar-refractivity contribution in [3.8, 4) is 0 Å². The minimum atomic E-state index is -0.206. The highest BCUT2D eigenvalue weighted by atomic mass is 16.5. The Morgan fingerprint density at radius 3 is 2.20 bits per heavy atom. The third-order valence-corrected chi connectivity index (χ3v) is 3.42. The van der Waals surface area contributed by atoms with Crippen LogP contribution in [0.25, 0.3) is 0 Å². The molecule has 1 aromatic rings. The summed E-state index contributed by atoms with van der Waals surface area (Å²) >= 11 is 0. The van der Waals surface area contributed by atoms with Gasteiger partial charge in [-0.25, -0.2) is 4.79 Å². The molecule has 0 radical (unpaired) electrons. The van der Waals surface area contributed by atoms with Crippen LogP contribution < -0.4 is 0 Å². The number of benzene rings is 1. The highest BCUT2D eigenvalue weighted by Gasteiger charge is 2.04. The van der Waals surface area contributed by atoms with Crippen molar-refractivity contribution in [3.05, 3.63) is 35.9 Å². The van der Waals surface area contributed by atoms with Gasteiger partial charge < -0.3 is 4.74 Å². The zero-order valence-electron chi connectivity index (χ0n) is 12.9. The van der Waals surface area contributed by atoms with Gasteiger partial charge in [-0.05, 0) is 24.5 Å². The molecule has 20 heavy (non-hydrogen) atoms. The Bertz CT molecular complexity index is 357. The molecule has 1 rings (SSSR count). The molecule has 0 atom stereocenters. The minimum absolute atomic E-state index is 0.206. The van der Waals surface area contributed by atoms with Gasteiger partial charge in [0.15, 0.2) is 0 Å². The SMILES string of the molecule is CC(C)CCCCCCCCOC(=O)c1ccccc1. The largest absolute Gasteiger partial charge is 0.462 e. The van der Waals surface area contributed by atoms with Gasteiger partial charge in [-0.2, -0.15) is 0 Å². The molecule has 0 saturated carbocycles. The van der Waals surface area contributed by atoms with Gasteiger partial charge in [0.25, 0.3) is 0 Å². The molecule has 0 saturated heterocycles. The first-order chi connectivity index (χ1) is 9.70. The van der Waals surface area contributed by atoms with E-state index in [-0.39, 0.29) is 5.97 Å². The maximum Gasteiger partial charge on any atom is 0.338 e. The van der Waals surface area contributed by atoms with Crippen LogP contribution >= 0.6 is 0 Å². The monoisotopic (exact) mass is 276 g/mol. The van der Waals surface area contributed by atoms with E-state index in [4.69, 9.17) is 4.74 Å². The van der Waals surface area contributed by atoms with Crippen molar-refractivity contribution < 1.29 is 9.53 Å². The number of hydrogen-bond acceptors (Lipinski definition) is 2. The molecular weight excluding hydrogens is 248 g/mol. The standard InChI is InChI=1S/C18H28O2/c1-16(2)12-8-5-3-4-6-11-15-20-18(19)17-13-9-7-10-14-17/h7,9-10,13-14,16H,3-6,8,11-12,15H2,1-2H3. The molecule has 0 spiro atoms. The van der Waals surface area contributed by atoms with Crippen molar-refractivity contribution in [2.75, 3.05) is 6.61 Å². The summed E-state index contributed by atoms with van der Waals surface area (Å²) in [5.74, 6) is 0.620. The second-order valence-corrected chi connectivity index (χ2v) is 5.81. The van der Waals surface area contributed by atoms with E-state index in [2.05, 4.69) is 13.8 Å². The zero-order valence-corrected chi connectivity index (χ0v) is 12.9. The van der Waals surface area contributed by atoms with Crippen LogP contribution in [0.15, 0.2) is 30.3 Å². The van der Waals surface area contributed by atoms with Gasteiger partial charge in [0.05, 0.1) is 12.2 Å². The summed E-state index contributed by atoms with van der Waals surface area (Å²) in [6, 6.07) is 9.19. The minimum Gasteiger partial charge on any atom is -0.462 e. The van der Waals surface area contributed by atoms with E-state index < -0.39 is 0 Å². The molecule has 1 aromatic carbocycles. The van der Waals surface area contributed by atoms with Gasteiger partial charge in [-0.1, -0.05) is 70.6 Å². The maximum atomic E-state index is 11.7. The number of carbonyl (C=O) groups excluding carboxylic acids is 1. The maximum absolute atomic E-state index is 11.7. The predicted octanol–water partition coefficient (Wildman–Crippen LogP) is 5.23. The molecule has 0 heterocycles. The third-order valence-electron chi connectivity index (χ3n) is 3.42. The topological polar surface area (TPSA) is 26.3 Å². The van der Waals surface area contributed by atoms with Crippen LogP contribution in [-0.4, -0.2) is 12.6 Å². The first-order valence-corrected chi connectivity index (χ1v) is 7.92. The molecule has 0 aliphatic carbocycles. The average Bonchev–Trinajstić information content (AvgIpc) is 2.46. The van der Waals surface area contributed by atoms with Crippen LogP contribution in [0.3, 0.4) is 0 Å². The molecular formula is C18H28O2. The van der Waals surface area contributed by atoms with Crippen molar-refractivity contribution in [2.45, 2.75) is 58.8 Å². The van der Waals surface area contributed by atoms with Crippen LogP contribution in [-0.2, 0) is 4.74 Å². The Hall–Kier alpha value is -1.31. The Labute approximate surface area is 123 Å². The highest BCUT2D eigenvalue weighted by Crippen LogP contribution is 2.11. The van der Waals surface area contributed by atoms with Gasteiger partial charge in [0.2, 0.25) is 0 Å². The lowest BCUT2D eigenvalue weighted by atomic mass is 10.0. The fraction of sp³-hybridized carbons (Fsp3) is 0.611. The van der Waals surface area contributed by atoms with Crippen molar-refractivity contribution in [2.24, 2.45) is 5.92 Å². The summed E-state index contributed by atoms with van der Waals surface area (Å²) < 4.78 is 5.25. The molecule has 2 heteroatoms. The number of carbonyl (C=O) groups is 1. The molecule has 0 fully saturated rings. The second kappa shape index (κ2) is 10.5. The Balaban J connectivity index is 1.94. The Kier molecular flexibility index (Phi) is 8.77. The predicted molar refractivity (Wildman–Crippen MR) is 83.9 cm³/mol. The lowest BCUT2D eigenvalue weighted by Crippen LogP contribution is -2.06. The molecule has 0 aliphatic rings. The summed E-state index contributed by atoms with van der Waals surface area (Å²) in [5, 5.41) is 0. The number of rotatable bonds is 10. The molecule has 0 aliphatic heterocycles. The van der Waals surface area contributed by atoms with Crippen LogP contribution in [0.1, 0.15) is 69.2 Å². The van der Waals surface area contributed by atoms with Gasteiger partial charge in [0, 0.05) is 0 Å². The summed E-state index contributed by atoms with van der Waals surface area (Å²) in [5.41, 5.74) is 0.640. The molecule has 0 bridgehead atoms. The molecule has 0 aromatic heterocycles. The Morgan fingerprint density at radius 2 is 1.55 bits per heavy atom. The molecule has 0 unspecified atom stereocenters. The first-order valence-electron chi connectivity index (χ1n) is 7.92. The van der Waals surface area contributed by atoms with Crippen molar-refractivity contribution in [3.63, 3.8) is 0 Å². The second-order valence-electron chi connectivity index (χ2n) is 5.81. The van der Waals surface area contributed by atoms with E-state index in [1.165, 1.54) is 32.1 Å². The number of hydrogen-bond donors (Lipinski definition) is 0. The molecule has 112 valence electrons. The lowest BCUT2D eigenvalue weighted by Gasteiger charge is -2.06. The van der Waals surface area contributed by atoms with E-state index in [0.29, 0.717) is 12.2 Å². The highest BCUT2D eigenvalue weighted by molar-refractivity contribution is 5.89. The van der Waals surface area contributed by atoms with Gasteiger partial charge in [0.1, 0.15) is 0 Å². The van der Waals surface area contributed by atoms with Crippen LogP contribution in [0, 0.1) is 5.92 Å². The van der Waals surface area contributed by atoms with Crippen molar-refractivity contribution >= 4 is 5.97 Å². The normalized spacial score (nSPS) is 10.8. The fourth-order valence-electron chi connectivity index (χ4n) is 2.18. The van der Waals surface area contributed by atoms with Crippen molar-refractivity contribution in [1.29, 1.82) is 0 Å². The van der Waals surface area contributed by atoms with E-state index in [0.717, 1.165) is 18.8 Å². The smallest absolute Gasteiger partial charge is 0.338 e. The first kappa shape index (κ1) is 16.7. The third kappa shape index (κ3) is 7.98. The van der Waals surface area contributed by atoms with E-state index in [1.54, 1.807) is 12.1 Å². The molecule has 2 nitrogen and oxygen atoms in total. The van der Waals surface area contributed by atoms with E-state index in [1.807, 2.05) is 18.2 Å². The summed E-state index contributed by atoms with van der Waals surface area (Å²) in [7, 11) is 0. The fourth-order valence-corrected chi connectivity index (χ4v) is 2.18. The summed E-state index contributed by atoms with van der Waals surface area (Å²) in [6.07, 6.45) is 8.71. The van der Waals surface area contributed by atoms with Gasteiger partial charge in [-0.15, -0.1) is 0 Å². The number of ether oxygens (including phenoxy) is 1. The summed E-state index contributed by atoms with van der Waals surface area (Å²) in [6.45, 7) is 5.10. The number of esters is 1. The van der Waals surface area contributed by atoms with Crippen molar-refractivity contribution in [1.82, 2.24) is 0 Å². The van der Waals surface area contributed by atoms with Crippen LogP contribution in [0.5, 0.6) is 0 Å². The summed E-state index contributed by atoms with van der Waals surface area (Å²) in [4.78, 5) is 11.7. The lowest BCUT2D eigenvalue weighted by molar-refractivity contribution is 0.0497. The van der Waals surface area contributed by atoms with Gasteiger partial charge >= 0.3 is 5.97 Å². The average molecular weight is 276 g/mol. The number of unbranched alkanes of at least 4 members (excludes halogenated alkanes) is 5. The van der Waals surface area contributed by atoms with Crippen LogP contribution in [0.2, 0.25) is 0 Å². The van der Waals surface area contributed by atoms with E-state index >= 15 is 0 Å². The Morgan fingerprint density at radius 1 is 0.950 bits per heavy atom. The molecule has 0 amide bonds.